The molecular weight excluding hydrogens is 364 g/mol. The number of hydrogen-bond acceptors (Lipinski definition) is 4. The maximum Gasteiger partial charge on any atom is 0.248 e. The van der Waals surface area contributed by atoms with E-state index in [-0.39, 0.29) is 12.5 Å². The maximum absolute atomic E-state index is 12.3. The molecule has 2 aromatic rings. The molecule has 0 aliphatic carbocycles. The number of benzene rings is 2. The fourth-order valence-electron chi connectivity index (χ4n) is 3.16. The van der Waals surface area contributed by atoms with E-state index in [1.54, 1.807) is 24.3 Å². The van der Waals surface area contributed by atoms with Crippen LogP contribution in [-0.2, 0) is 4.79 Å². The molecule has 3 rings (SSSR count). The van der Waals surface area contributed by atoms with Crippen molar-refractivity contribution in [3.05, 3.63) is 53.1 Å². The second-order valence-electron chi connectivity index (χ2n) is 6.55. The Kier molecular flexibility index (Phi) is 6.19. The summed E-state index contributed by atoms with van der Waals surface area (Å²) in [7, 11) is 0. The zero-order chi connectivity index (χ0) is 19.2. The zero-order valence-electron chi connectivity index (χ0n) is 15.0. The molecule has 1 heterocycles. The normalized spacial score (nSPS) is 13.9. The summed E-state index contributed by atoms with van der Waals surface area (Å²) in [5.74, 6) is -0.688. The topological polar surface area (TPSA) is 87.5 Å². The van der Waals surface area contributed by atoms with Crippen LogP contribution in [0.15, 0.2) is 42.5 Å². The largest absolute Gasteiger partial charge is 0.374 e. The molecule has 0 unspecified atom stereocenters. The number of amides is 2. The van der Waals surface area contributed by atoms with Gasteiger partial charge in [-0.15, -0.1) is 0 Å². The zero-order valence-corrected chi connectivity index (χ0v) is 15.8. The number of piperidine rings is 1. The summed E-state index contributed by atoms with van der Waals surface area (Å²) in [6, 6.07) is 12.2. The summed E-state index contributed by atoms with van der Waals surface area (Å²) < 4.78 is 0. The Labute approximate surface area is 163 Å². The van der Waals surface area contributed by atoms with Gasteiger partial charge < -0.3 is 21.3 Å². The average Bonchev–Trinajstić information content (AvgIpc) is 2.67. The van der Waals surface area contributed by atoms with Crippen molar-refractivity contribution in [1.29, 1.82) is 0 Å². The highest BCUT2D eigenvalue weighted by molar-refractivity contribution is 6.31. The molecule has 6 nitrogen and oxygen atoms in total. The molecule has 142 valence electrons. The van der Waals surface area contributed by atoms with Gasteiger partial charge in [-0.05, 0) is 61.7 Å². The predicted molar refractivity (Wildman–Crippen MR) is 110 cm³/mol. The van der Waals surface area contributed by atoms with Crippen LogP contribution in [0.5, 0.6) is 0 Å². The van der Waals surface area contributed by atoms with Crippen LogP contribution in [0.3, 0.4) is 0 Å². The first kappa shape index (κ1) is 19.0. The van der Waals surface area contributed by atoms with Gasteiger partial charge in [0.2, 0.25) is 11.8 Å². The van der Waals surface area contributed by atoms with Crippen LogP contribution in [-0.4, -0.2) is 31.4 Å². The van der Waals surface area contributed by atoms with Crippen molar-refractivity contribution in [1.82, 2.24) is 0 Å². The number of rotatable bonds is 6. The third-order valence-corrected chi connectivity index (χ3v) is 4.78. The van der Waals surface area contributed by atoms with Gasteiger partial charge in [0, 0.05) is 29.4 Å². The fourth-order valence-corrected chi connectivity index (χ4v) is 3.33. The first-order valence-electron chi connectivity index (χ1n) is 9.01. The highest BCUT2D eigenvalue weighted by Gasteiger charge is 2.15. The molecule has 0 aromatic heterocycles. The van der Waals surface area contributed by atoms with E-state index >= 15 is 0 Å². The second kappa shape index (κ2) is 8.77. The van der Waals surface area contributed by atoms with E-state index < -0.39 is 5.91 Å². The number of hydrogen-bond donors (Lipinski definition) is 3. The minimum absolute atomic E-state index is 0.110. The number of nitrogens with two attached hydrogens (primary N) is 1. The molecule has 0 radical (unpaired) electrons. The number of carbonyl (C=O) groups is 2. The van der Waals surface area contributed by atoms with Crippen molar-refractivity contribution in [2.75, 3.05) is 35.2 Å². The number of nitrogens with zero attached hydrogens (tertiary/aromatic N) is 1. The van der Waals surface area contributed by atoms with Gasteiger partial charge in [0.15, 0.2) is 0 Å². The summed E-state index contributed by atoms with van der Waals surface area (Å²) in [5.41, 5.74) is 8.14. The van der Waals surface area contributed by atoms with E-state index in [9.17, 15) is 9.59 Å². The molecule has 7 heteroatoms. The van der Waals surface area contributed by atoms with Crippen LogP contribution >= 0.6 is 11.6 Å². The Bertz CT molecular complexity index is 817. The van der Waals surface area contributed by atoms with Gasteiger partial charge in [-0.3, -0.25) is 9.59 Å². The Morgan fingerprint density at radius 2 is 1.74 bits per heavy atom. The van der Waals surface area contributed by atoms with Gasteiger partial charge in [0.1, 0.15) is 0 Å². The van der Waals surface area contributed by atoms with Crippen molar-refractivity contribution in [3.63, 3.8) is 0 Å². The third-order valence-electron chi connectivity index (χ3n) is 4.55. The van der Waals surface area contributed by atoms with Crippen LogP contribution in [0.2, 0.25) is 5.02 Å². The molecule has 1 aliphatic heterocycles. The van der Waals surface area contributed by atoms with Gasteiger partial charge in [-0.25, -0.2) is 0 Å². The monoisotopic (exact) mass is 386 g/mol. The molecule has 0 saturated carbocycles. The van der Waals surface area contributed by atoms with Crippen molar-refractivity contribution in [2.45, 2.75) is 19.3 Å². The highest BCUT2D eigenvalue weighted by atomic mass is 35.5. The SMILES string of the molecule is NC(=O)c1ccc(NC(=O)CNc2cc(Cl)ccc2N2CCCCC2)cc1. The highest BCUT2D eigenvalue weighted by Crippen LogP contribution is 2.31. The predicted octanol–water partition coefficient (Wildman–Crippen LogP) is 3.48. The van der Waals surface area contributed by atoms with Gasteiger partial charge in [0.05, 0.1) is 17.9 Å². The number of halogens is 1. The fraction of sp³-hybridized carbons (Fsp3) is 0.300. The van der Waals surface area contributed by atoms with Crippen molar-refractivity contribution in [2.24, 2.45) is 5.73 Å². The summed E-state index contributed by atoms with van der Waals surface area (Å²) >= 11 is 6.14. The lowest BCUT2D eigenvalue weighted by molar-refractivity contribution is -0.114. The summed E-state index contributed by atoms with van der Waals surface area (Å²) in [6.45, 7) is 2.13. The van der Waals surface area contributed by atoms with Crippen LogP contribution < -0.4 is 21.3 Å². The lowest BCUT2D eigenvalue weighted by Gasteiger charge is -2.30. The summed E-state index contributed by atoms with van der Waals surface area (Å²) in [6.07, 6.45) is 3.59. The standard InChI is InChI=1S/C20H23ClN4O2/c21-15-6-9-18(25-10-2-1-3-11-25)17(12-15)23-13-19(26)24-16-7-4-14(5-8-16)20(22)27/h4-9,12,23H,1-3,10-11,13H2,(H2,22,27)(H,24,26). The quantitative estimate of drug-likeness (QED) is 0.709. The van der Waals surface area contributed by atoms with E-state index in [2.05, 4.69) is 15.5 Å². The van der Waals surface area contributed by atoms with Crippen LogP contribution in [0.1, 0.15) is 29.6 Å². The Balaban J connectivity index is 1.62. The molecule has 4 N–H and O–H groups in total. The van der Waals surface area contributed by atoms with E-state index in [1.807, 2.05) is 18.2 Å². The molecule has 2 aromatic carbocycles. The van der Waals surface area contributed by atoms with Crippen LogP contribution in [0.4, 0.5) is 17.1 Å². The second-order valence-corrected chi connectivity index (χ2v) is 6.99. The van der Waals surface area contributed by atoms with Crippen LogP contribution in [0, 0.1) is 0 Å². The molecule has 1 aliphatic rings. The van der Waals surface area contributed by atoms with Crippen molar-refractivity contribution < 1.29 is 9.59 Å². The van der Waals surface area contributed by atoms with E-state index in [0.717, 1.165) is 24.5 Å². The van der Waals surface area contributed by atoms with Crippen LogP contribution in [0.25, 0.3) is 0 Å². The van der Waals surface area contributed by atoms with Crippen molar-refractivity contribution in [3.8, 4) is 0 Å². The summed E-state index contributed by atoms with van der Waals surface area (Å²) in [5, 5.41) is 6.61. The van der Waals surface area contributed by atoms with Gasteiger partial charge in [0.25, 0.3) is 0 Å². The molecule has 27 heavy (non-hydrogen) atoms. The minimum atomic E-state index is -0.499. The molecular formula is C20H23ClN4O2. The molecule has 1 fully saturated rings. The number of primary amides is 1. The molecule has 0 spiro atoms. The minimum Gasteiger partial charge on any atom is -0.374 e. The van der Waals surface area contributed by atoms with E-state index in [1.165, 1.54) is 19.3 Å². The smallest absolute Gasteiger partial charge is 0.248 e. The first-order valence-corrected chi connectivity index (χ1v) is 9.39. The Hall–Kier alpha value is -2.73. The third kappa shape index (κ3) is 5.14. The molecule has 1 saturated heterocycles. The lowest BCUT2D eigenvalue weighted by atomic mass is 10.1. The Morgan fingerprint density at radius 1 is 1.04 bits per heavy atom. The van der Waals surface area contributed by atoms with Crippen molar-refractivity contribution >= 4 is 40.5 Å². The van der Waals surface area contributed by atoms with Gasteiger partial charge in [-0.1, -0.05) is 11.6 Å². The molecule has 0 bridgehead atoms. The first-order chi connectivity index (χ1) is 13.0. The maximum atomic E-state index is 12.3. The summed E-state index contributed by atoms with van der Waals surface area (Å²) in [4.78, 5) is 25.7. The molecule has 2 amide bonds. The van der Waals surface area contributed by atoms with Gasteiger partial charge in [-0.2, -0.15) is 0 Å². The molecule has 0 atom stereocenters. The van der Waals surface area contributed by atoms with Gasteiger partial charge >= 0.3 is 0 Å². The number of nitrogens with one attached hydrogen (secondary N) is 2. The number of anilines is 3. The van der Waals surface area contributed by atoms with E-state index in [4.69, 9.17) is 17.3 Å². The Morgan fingerprint density at radius 3 is 2.41 bits per heavy atom. The van der Waals surface area contributed by atoms with E-state index in [0.29, 0.717) is 16.3 Å². The average molecular weight is 387 g/mol. The lowest BCUT2D eigenvalue weighted by Crippen LogP contribution is -2.30. The number of carbonyl (C=O) groups excluding carboxylic acids is 2.